The highest BCUT2D eigenvalue weighted by Crippen LogP contribution is 2.34. The lowest BCUT2D eigenvalue weighted by atomic mass is 10.1. The van der Waals surface area contributed by atoms with Crippen LogP contribution in [-0.4, -0.2) is 23.9 Å². The van der Waals surface area contributed by atoms with Crippen molar-refractivity contribution in [2.45, 2.75) is 6.54 Å². The van der Waals surface area contributed by atoms with Crippen molar-refractivity contribution in [3.05, 3.63) is 71.2 Å². The number of anilines is 1. The topological polar surface area (TPSA) is 98.8 Å². The largest absolute Gasteiger partial charge is 0.755 e. The van der Waals surface area contributed by atoms with Crippen molar-refractivity contribution in [3.63, 3.8) is 0 Å². The third-order valence-corrected chi connectivity index (χ3v) is 5.82. The SMILES string of the molecule is O=C1C(=Cc2ccc(-c3ccc(NS(=O)[O-])cc3)o2)SC(=S)N1Cc1ccco1. The third-order valence-electron chi connectivity index (χ3n) is 4.04. The van der Waals surface area contributed by atoms with Gasteiger partial charge in [0, 0.05) is 28.6 Å². The Bertz CT molecular complexity index is 1100. The molecule has 1 aliphatic heterocycles. The van der Waals surface area contributed by atoms with Gasteiger partial charge < -0.3 is 18.1 Å². The molecule has 1 atom stereocenters. The summed E-state index contributed by atoms with van der Waals surface area (Å²) in [5.74, 6) is 1.57. The molecular weight excluding hydrogens is 432 g/mol. The molecule has 2 aromatic heterocycles. The Morgan fingerprint density at radius 1 is 1.21 bits per heavy atom. The van der Waals surface area contributed by atoms with E-state index in [2.05, 4.69) is 4.72 Å². The van der Waals surface area contributed by atoms with Gasteiger partial charge in [-0.1, -0.05) is 24.0 Å². The van der Waals surface area contributed by atoms with E-state index in [0.29, 0.717) is 32.2 Å². The Labute approximate surface area is 178 Å². The molecule has 0 aliphatic carbocycles. The third kappa shape index (κ3) is 4.51. The van der Waals surface area contributed by atoms with Gasteiger partial charge in [0.1, 0.15) is 21.6 Å². The van der Waals surface area contributed by atoms with E-state index in [-0.39, 0.29) is 12.5 Å². The summed E-state index contributed by atoms with van der Waals surface area (Å²) in [6, 6.07) is 13.8. The van der Waals surface area contributed by atoms with Crippen LogP contribution >= 0.6 is 24.0 Å². The molecule has 1 fully saturated rings. The Kier molecular flexibility index (Phi) is 5.67. The molecule has 1 N–H and O–H groups in total. The second-order valence-corrected chi connectivity index (χ2v) is 8.31. The fourth-order valence-corrected chi connectivity index (χ4v) is 4.27. The molecule has 10 heteroatoms. The van der Waals surface area contributed by atoms with Crippen LogP contribution in [0.1, 0.15) is 11.5 Å². The molecule has 1 saturated heterocycles. The van der Waals surface area contributed by atoms with E-state index in [0.717, 1.165) is 5.56 Å². The van der Waals surface area contributed by atoms with Gasteiger partial charge in [0.05, 0.1) is 17.7 Å². The number of benzene rings is 1. The van der Waals surface area contributed by atoms with E-state index in [1.54, 1.807) is 60.9 Å². The van der Waals surface area contributed by atoms with Gasteiger partial charge in [-0.15, -0.1) is 0 Å². The van der Waals surface area contributed by atoms with E-state index < -0.39 is 11.3 Å². The zero-order valence-corrected chi connectivity index (χ0v) is 17.1. The lowest BCUT2D eigenvalue weighted by Gasteiger charge is -2.11. The van der Waals surface area contributed by atoms with Gasteiger partial charge in [-0.05, 0) is 48.5 Å². The monoisotopic (exact) mass is 445 g/mol. The molecule has 0 radical (unpaired) electrons. The average molecular weight is 446 g/mol. The number of furan rings is 2. The minimum absolute atomic E-state index is 0.199. The van der Waals surface area contributed by atoms with Crippen LogP contribution in [0.3, 0.4) is 0 Å². The summed E-state index contributed by atoms with van der Waals surface area (Å²) in [5, 5.41) is 0. The maximum absolute atomic E-state index is 12.7. The summed E-state index contributed by atoms with van der Waals surface area (Å²) < 4.78 is 35.2. The maximum atomic E-state index is 12.7. The maximum Gasteiger partial charge on any atom is 0.266 e. The number of thioether (sulfide) groups is 1. The lowest BCUT2D eigenvalue weighted by molar-refractivity contribution is -0.122. The van der Waals surface area contributed by atoms with Crippen LogP contribution in [0.4, 0.5) is 5.69 Å². The van der Waals surface area contributed by atoms with Crippen LogP contribution in [-0.2, 0) is 22.6 Å². The van der Waals surface area contributed by atoms with Crippen molar-refractivity contribution in [1.82, 2.24) is 4.90 Å². The molecule has 1 aliphatic rings. The number of nitrogens with zero attached hydrogens (tertiary/aromatic N) is 1. The number of hydrogen-bond donors (Lipinski definition) is 1. The van der Waals surface area contributed by atoms with Gasteiger partial charge in [0.15, 0.2) is 0 Å². The Morgan fingerprint density at radius 3 is 2.69 bits per heavy atom. The van der Waals surface area contributed by atoms with E-state index in [4.69, 9.17) is 21.1 Å². The first-order chi connectivity index (χ1) is 14.0. The summed E-state index contributed by atoms with van der Waals surface area (Å²) in [6.45, 7) is 0.285. The van der Waals surface area contributed by atoms with Gasteiger partial charge in [0.2, 0.25) is 0 Å². The minimum Gasteiger partial charge on any atom is -0.755 e. The van der Waals surface area contributed by atoms with E-state index in [1.807, 2.05) is 0 Å². The molecule has 1 aromatic carbocycles. The molecule has 0 bridgehead atoms. The van der Waals surface area contributed by atoms with Crippen LogP contribution in [0.2, 0.25) is 0 Å². The highest BCUT2D eigenvalue weighted by Gasteiger charge is 2.32. The van der Waals surface area contributed by atoms with Gasteiger partial charge in [-0.2, -0.15) is 0 Å². The molecule has 0 saturated carbocycles. The summed E-state index contributed by atoms with van der Waals surface area (Å²) >= 11 is 4.15. The molecular formula is C19H13N2O5S3-. The zero-order chi connectivity index (χ0) is 20.4. The standard InChI is InChI=1S/C19H14N2O5S3/c22-18-17(28-19(27)21(18)11-15-2-1-9-25-15)10-14-7-8-16(26-14)12-3-5-13(6-4-12)20-29(23)24/h1-10,20H,11H2,(H,23,24)/p-1. The molecule has 3 aromatic rings. The van der Waals surface area contributed by atoms with E-state index in [1.165, 1.54) is 16.7 Å². The number of hydrogen-bond acceptors (Lipinski definition) is 7. The average Bonchev–Trinajstić information content (AvgIpc) is 3.41. The van der Waals surface area contributed by atoms with Crippen LogP contribution in [0.5, 0.6) is 0 Å². The first-order valence-corrected chi connectivity index (χ1v) is 10.6. The fraction of sp³-hybridized carbons (Fsp3) is 0.0526. The molecule has 3 heterocycles. The number of carbonyl (C=O) groups is 1. The van der Waals surface area contributed by atoms with Crippen LogP contribution in [0, 0.1) is 0 Å². The van der Waals surface area contributed by atoms with Crippen LogP contribution in [0.25, 0.3) is 17.4 Å². The molecule has 7 nitrogen and oxygen atoms in total. The summed E-state index contributed by atoms with van der Waals surface area (Å²) in [6.07, 6.45) is 3.21. The fourth-order valence-electron chi connectivity index (χ4n) is 2.71. The van der Waals surface area contributed by atoms with Crippen molar-refractivity contribution in [2.75, 3.05) is 4.72 Å². The van der Waals surface area contributed by atoms with E-state index in [9.17, 15) is 13.6 Å². The van der Waals surface area contributed by atoms with Crippen molar-refractivity contribution in [3.8, 4) is 11.3 Å². The van der Waals surface area contributed by atoms with Gasteiger partial charge in [-0.3, -0.25) is 13.9 Å². The predicted molar refractivity (Wildman–Crippen MR) is 114 cm³/mol. The normalized spacial score (nSPS) is 16.6. The second kappa shape index (κ2) is 8.37. The Hall–Kier alpha value is -2.66. The number of thiocarbonyl (C=S) groups is 1. The number of amides is 1. The Balaban J connectivity index is 1.49. The quantitative estimate of drug-likeness (QED) is 0.346. The van der Waals surface area contributed by atoms with Gasteiger partial charge in [-0.25, -0.2) is 0 Å². The molecule has 148 valence electrons. The number of rotatable bonds is 6. The summed E-state index contributed by atoms with van der Waals surface area (Å²) in [7, 11) is 0. The van der Waals surface area contributed by atoms with Gasteiger partial charge in [0.25, 0.3) is 5.91 Å². The zero-order valence-electron chi connectivity index (χ0n) is 14.7. The highest BCUT2D eigenvalue weighted by atomic mass is 32.2. The molecule has 29 heavy (non-hydrogen) atoms. The van der Waals surface area contributed by atoms with E-state index >= 15 is 0 Å². The highest BCUT2D eigenvalue weighted by molar-refractivity contribution is 8.26. The van der Waals surface area contributed by atoms with Crippen molar-refractivity contribution in [1.29, 1.82) is 0 Å². The van der Waals surface area contributed by atoms with Gasteiger partial charge >= 0.3 is 0 Å². The van der Waals surface area contributed by atoms with Crippen molar-refractivity contribution in [2.24, 2.45) is 0 Å². The summed E-state index contributed by atoms with van der Waals surface area (Å²) in [5.41, 5.74) is 1.23. The molecule has 1 amide bonds. The van der Waals surface area contributed by atoms with Crippen LogP contribution in [0.15, 0.2) is 68.5 Å². The molecule has 0 spiro atoms. The minimum atomic E-state index is -2.37. The summed E-state index contributed by atoms with van der Waals surface area (Å²) in [4.78, 5) is 14.6. The molecule has 1 unspecified atom stereocenters. The molecule has 4 rings (SSSR count). The van der Waals surface area contributed by atoms with Crippen molar-refractivity contribution < 1.29 is 22.4 Å². The smallest absolute Gasteiger partial charge is 0.266 e. The lowest BCUT2D eigenvalue weighted by Crippen LogP contribution is -2.27. The van der Waals surface area contributed by atoms with Crippen molar-refractivity contribution >= 4 is 57.2 Å². The first-order valence-electron chi connectivity index (χ1n) is 8.33. The number of carbonyl (C=O) groups excluding carboxylic acids is 1. The second-order valence-electron chi connectivity index (χ2n) is 5.96. The predicted octanol–water partition coefficient (Wildman–Crippen LogP) is 4.15. The van der Waals surface area contributed by atoms with Crippen LogP contribution < -0.4 is 4.72 Å². The first kappa shape index (κ1) is 19.6. The Morgan fingerprint density at radius 2 is 2.00 bits per heavy atom. The number of nitrogens with one attached hydrogen (secondary N) is 1.